The van der Waals surface area contributed by atoms with Crippen LogP contribution in [0.25, 0.3) is 11.0 Å². The summed E-state index contributed by atoms with van der Waals surface area (Å²) in [4.78, 5) is 29.8. The van der Waals surface area contributed by atoms with Crippen LogP contribution in [0.4, 0.5) is 0 Å². The second kappa shape index (κ2) is 11.0. The number of nitrogens with zero attached hydrogens (tertiary/aromatic N) is 2. The first-order valence-corrected chi connectivity index (χ1v) is 12.3. The van der Waals surface area contributed by atoms with E-state index < -0.39 is 0 Å². The Morgan fingerprint density at radius 3 is 2.21 bits per heavy atom. The highest BCUT2D eigenvalue weighted by Gasteiger charge is 2.19. The largest absolute Gasteiger partial charge is 0.462 e. The van der Waals surface area contributed by atoms with Gasteiger partial charge in [-0.15, -0.1) is 0 Å². The minimum absolute atomic E-state index is 0.0790. The number of thioether (sulfide) groups is 1. The Bertz CT molecular complexity index is 1230. The van der Waals surface area contributed by atoms with Gasteiger partial charge in [-0.3, -0.25) is 4.79 Å². The number of ether oxygens (including phenoxy) is 1. The maximum Gasteiger partial charge on any atom is 0.338 e. The van der Waals surface area contributed by atoms with Crippen molar-refractivity contribution in [2.45, 2.75) is 31.6 Å². The van der Waals surface area contributed by atoms with Crippen LogP contribution in [-0.2, 0) is 16.1 Å². The van der Waals surface area contributed by atoms with Gasteiger partial charge < -0.3 is 14.6 Å². The van der Waals surface area contributed by atoms with E-state index in [1.807, 2.05) is 78.2 Å². The maximum atomic E-state index is 13.0. The highest BCUT2D eigenvalue weighted by molar-refractivity contribution is 7.99. The number of hydrogen-bond acceptors (Lipinski definition) is 5. The molecule has 0 aliphatic heterocycles. The lowest BCUT2D eigenvalue weighted by atomic mass is 9.99. The number of aromatic nitrogens is 2. The van der Waals surface area contributed by atoms with Gasteiger partial charge in [-0.25, -0.2) is 9.78 Å². The maximum absolute atomic E-state index is 13.0. The van der Waals surface area contributed by atoms with Gasteiger partial charge in [0.05, 0.1) is 35.0 Å². The van der Waals surface area contributed by atoms with Gasteiger partial charge in [0.15, 0.2) is 5.16 Å². The first-order chi connectivity index (χ1) is 16.6. The van der Waals surface area contributed by atoms with Crippen molar-refractivity contribution in [2.24, 2.45) is 0 Å². The highest BCUT2D eigenvalue weighted by atomic mass is 32.2. The van der Waals surface area contributed by atoms with Crippen LogP contribution in [0.5, 0.6) is 0 Å². The number of rotatable bonds is 9. The SMILES string of the molecule is CCOC(=O)c1ccc2c(c1)nc(SCC(=O)NC(c1ccccc1)c1ccccc1)n2CC. The van der Waals surface area contributed by atoms with E-state index in [1.165, 1.54) is 11.8 Å². The van der Waals surface area contributed by atoms with Gasteiger partial charge in [-0.2, -0.15) is 0 Å². The lowest BCUT2D eigenvalue weighted by molar-refractivity contribution is -0.119. The zero-order chi connectivity index (χ0) is 23.9. The Balaban J connectivity index is 1.51. The molecule has 0 spiro atoms. The summed E-state index contributed by atoms with van der Waals surface area (Å²) >= 11 is 1.39. The zero-order valence-electron chi connectivity index (χ0n) is 19.2. The summed E-state index contributed by atoms with van der Waals surface area (Å²) in [6.07, 6.45) is 0. The van der Waals surface area contributed by atoms with Crippen LogP contribution in [0.15, 0.2) is 84.0 Å². The average molecular weight is 474 g/mol. The molecule has 1 N–H and O–H groups in total. The second-order valence-electron chi connectivity index (χ2n) is 7.67. The lowest BCUT2D eigenvalue weighted by Gasteiger charge is -2.20. The molecular weight excluding hydrogens is 446 g/mol. The van der Waals surface area contributed by atoms with Crippen molar-refractivity contribution in [1.82, 2.24) is 14.9 Å². The molecule has 0 bridgehead atoms. The first-order valence-electron chi connectivity index (χ1n) is 11.3. The zero-order valence-corrected chi connectivity index (χ0v) is 20.0. The molecule has 6 nitrogen and oxygen atoms in total. The van der Waals surface area contributed by atoms with Crippen molar-refractivity contribution in [1.29, 1.82) is 0 Å². The number of carbonyl (C=O) groups excluding carboxylic acids is 2. The molecular formula is C27H27N3O3S. The average Bonchev–Trinajstić information content (AvgIpc) is 3.24. The Kier molecular flexibility index (Phi) is 7.65. The number of hydrogen-bond donors (Lipinski definition) is 1. The molecule has 4 rings (SSSR count). The van der Waals surface area contributed by atoms with Gasteiger partial charge in [-0.05, 0) is 43.2 Å². The molecule has 174 valence electrons. The minimum atomic E-state index is -0.364. The monoisotopic (exact) mass is 473 g/mol. The summed E-state index contributed by atoms with van der Waals surface area (Å²) in [6.45, 7) is 4.84. The summed E-state index contributed by atoms with van der Waals surface area (Å²) in [5, 5.41) is 3.91. The predicted octanol–water partition coefficient (Wildman–Crippen LogP) is 5.23. The van der Waals surface area contributed by atoms with Gasteiger partial charge in [-0.1, -0.05) is 72.4 Å². The molecule has 0 saturated carbocycles. The normalized spacial score (nSPS) is 11.0. The molecule has 0 fully saturated rings. The Labute approximate surface area is 203 Å². The summed E-state index contributed by atoms with van der Waals surface area (Å²) in [7, 11) is 0. The van der Waals surface area contributed by atoms with Crippen LogP contribution in [0, 0.1) is 0 Å². The molecule has 0 saturated heterocycles. The molecule has 0 unspecified atom stereocenters. The quantitative estimate of drug-likeness (QED) is 0.266. The molecule has 0 aliphatic rings. The van der Waals surface area contributed by atoms with Crippen LogP contribution in [0.3, 0.4) is 0 Å². The summed E-state index contributed by atoms with van der Waals surface area (Å²) in [6, 6.07) is 25.0. The molecule has 34 heavy (non-hydrogen) atoms. The van der Waals surface area contributed by atoms with Crippen molar-refractivity contribution in [2.75, 3.05) is 12.4 Å². The third-order valence-corrected chi connectivity index (χ3v) is 6.42. The number of carbonyl (C=O) groups is 2. The van der Waals surface area contributed by atoms with Gasteiger partial charge in [0.25, 0.3) is 0 Å². The van der Waals surface area contributed by atoms with Crippen molar-refractivity contribution in [3.63, 3.8) is 0 Å². The number of imidazole rings is 1. The molecule has 0 radical (unpaired) electrons. The van der Waals surface area contributed by atoms with Crippen LogP contribution in [0.1, 0.15) is 41.4 Å². The smallest absolute Gasteiger partial charge is 0.338 e. The minimum Gasteiger partial charge on any atom is -0.462 e. The fourth-order valence-corrected chi connectivity index (χ4v) is 4.74. The summed E-state index contributed by atoms with van der Waals surface area (Å²) in [5.41, 5.74) is 4.16. The van der Waals surface area contributed by atoms with Crippen LogP contribution in [0.2, 0.25) is 0 Å². The van der Waals surface area contributed by atoms with E-state index in [2.05, 4.69) is 5.32 Å². The van der Waals surface area contributed by atoms with Gasteiger partial charge in [0, 0.05) is 6.54 Å². The van der Waals surface area contributed by atoms with E-state index in [0.717, 1.165) is 21.8 Å². The summed E-state index contributed by atoms with van der Waals surface area (Å²) < 4.78 is 7.15. The van der Waals surface area contributed by atoms with Gasteiger partial charge >= 0.3 is 5.97 Å². The molecule has 1 heterocycles. The number of amides is 1. The third-order valence-electron chi connectivity index (χ3n) is 5.44. The second-order valence-corrected chi connectivity index (χ2v) is 8.62. The third kappa shape index (κ3) is 5.31. The topological polar surface area (TPSA) is 73.2 Å². The highest BCUT2D eigenvalue weighted by Crippen LogP contribution is 2.26. The van der Waals surface area contributed by atoms with Crippen LogP contribution >= 0.6 is 11.8 Å². The Morgan fingerprint density at radius 2 is 1.62 bits per heavy atom. The molecule has 4 aromatic rings. The lowest BCUT2D eigenvalue weighted by Crippen LogP contribution is -2.30. The summed E-state index contributed by atoms with van der Waals surface area (Å²) in [5.74, 6) is -0.217. The van der Waals surface area contributed by atoms with Crippen LogP contribution < -0.4 is 5.32 Å². The Morgan fingerprint density at radius 1 is 0.971 bits per heavy atom. The van der Waals surface area contributed by atoms with E-state index >= 15 is 0 Å². The molecule has 3 aromatic carbocycles. The van der Waals surface area contributed by atoms with E-state index in [9.17, 15) is 9.59 Å². The van der Waals surface area contributed by atoms with Crippen molar-refractivity contribution in [3.8, 4) is 0 Å². The van der Waals surface area contributed by atoms with Gasteiger partial charge in [0.1, 0.15) is 0 Å². The fourth-order valence-electron chi connectivity index (χ4n) is 3.85. The van der Waals surface area contributed by atoms with E-state index in [0.29, 0.717) is 24.2 Å². The standard InChI is InChI=1S/C27H27N3O3S/c1-3-30-23-16-15-21(26(32)33-4-2)17-22(23)28-27(30)34-18-24(31)29-25(19-11-7-5-8-12-19)20-13-9-6-10-14-20/h5-17,25H,3-4,18H2,1-2H3,(H,29,31). The fraction of sp³-hybridized carbons (Fsp3) is 0.222. The number of esters is 1. The number of aryl methyl sites for hydroxylation is 1. The predicted molar refractivity (Wildman–Crippen MR) is 135 cm³/mol. The van der Waals surface area contributed by atoms with Crippen molar-refractivity contribution >= 4 is 34.7 Å². The van der Waals surface area contributed by atoms with E-state index in [4.69, 9.17) is 9.72 Å². The number of fused-ring (bicyclic) bond motifs is 1. The van der Waals surface area contributed by atoms with Crippen molar-refractivity contribution < 1.29 is 14.3 Å². The molecule has 0 aliphatic carbocycles. The van der Waals surface area contributed by atoms with E-state index in [1.54, 1.807) is 19.1 Å². The Hall–Kier alpha value is -3.58. The molecule has 7 heteroatoms. The van der Waals surface area contributed by atoms with Crippen LogP contribution in [-0.4, -0.2) is 33.8 Å². The number of nitrogens with one attached hydrogen (secondary N) is 1. The molecule has 1 aromatic heterocycles. The first kappa shape index (κ1) is 23.6. The van der Waals surface area contributed by atoms with E-state index in [-0.39, 0.29) is 23.7 Å². The number of benzene rings is 3. The molecule has 1 amide bonds. The van der Waals surface area contributed by atoms with Crippen molar-refractivity contribution in [3.05, 3.63) is 95.6 Å². The van der Waals surface area contributed by atoms with Gasteiger partial charge in [0.2, 0.25) is 5.91 Å². The molecule has 0 atom stereocenters.